The van der Waals surface area contributed by atoms with Crippen LogP contribution in [-0.4, -0.2) is 38.3 Å². The number of nitrogens with one attached hydrogen (secondary N) is 2. The molecular weight excluding hydrogens is 192 g/mol. The van der Waals surface area contributed by atoms with Crippen molar-refractivity contribution in [3.8, 4) is 0 Å². The molecule has 4 heteroatoms. The molecule has 0 fully saturated rings. The molecule has 0 spiro atoms. The lowest BCUT2D eigenvalue weighted by Crippen LogP contribution is -2.54. The van der Waals surface area contributed by atoms with Gasteiger partial charge < -0.3 is 15.4 Å². The first-order valence-corrected chi connectivity index (χ1v) is 5.46. The number of ether oxygens (including phenoxy) is 1. The predicted octanol–water partition coefficient (Wildman–Crippen LogP) is 0.916. The van der Waals surface area contributed by atoms with Gasteiger partial charge in [0.15, 0.2) is 0 Å². The molecule has 1 amide bonds. The van der Waals surface area contributed by atoms with Crippen molar-refractivity contribution in [3.05, 3.63) is 0 Å². The van der Waals surface area contributed by atoms with E-state index in [9.17, 15) is 4.79 Å². The van der Waals surface area contributed by atoms with Crippen LogP contribution in [0.4, 0.5) is 0 Å². The van der Waals surface area contributed by atoms with Crippen molar-refractivity contribution in [1.29, 1.82) is 0 Å². The van der Waals surface area contributed by atoms with E-state index in [0.29, 0.717) is 6.61 Å². The van der Waals surface area contributed by atoms with E-state index < -0.39 is 5.54 Å². The minimum Gasteiger partial charge on any atom is -0.383 e. The first kappa shape index (κ1) is 14.4. The van der Waals surface area contributed by atoms with Crippen LogP contribution in [0, 0.1) is 0 Å². The van der Waals surface area contributed by atoms with Gasteiger partial charge in [-0.3, -0.25) is 4.79 Å². The lowest BCUT2D eigenvalue weighted by atomic mass is 10.0. The second kappa shape index (κ2) is 6.80. The lowest BCUT2D eigenvalue weighted by Gasteiger charge is -2.26. The van der Waals surface area contributed by atoms with Gasteiger partial charge in [-0.15, -0.1) is 0 Å². The van der Waals surface area contributed by atoms with Crippen LogP contribution in [0.3, 0.4) is 0 Å². The van der Waals surface area contributed by atoms with E-state index in [1.807, 2.05) is 13.8 Å². The largest absolute Gasteiger partial charge is 0.383 e. The Morgan fingerprint density at radius 3 is 2.47 bits per heavy atom. The molecule has 1 unspecified atom stereocenters. The topological polar surface area (TPSA) is 50.4 Å². The fourth-order valence-electron chi connectivity index (χ4n) is 1.23. The third-order valence-electron chi connectivity index (χ3n) is 2.53. The van der Waals surface area contributed by atoms with Gasteiger partial charge in [-0.25, -0.2) is 0 Å². The number of hydrogen-bond donors (Lipinski definition) is 2. The van der Waals surface area contributed by atoms with Gasteiger partial charge in [-0.1, -0.05) is 13.3 Å². The highest BCUT2D eigenvalue weighted by Gasteiger charge is 2.26. The molecule has 4 nitrogen and oxygen atoms in total. The molecule has 0 aliphatic rings. The monoisotopic (exact) mass is 216 g/mol. The van der Waals surface area contributed by atoms with Gasteiger partial charge in [0.25, 0.3) is 0 Å². The molecule has 1 atom stereocenters. The second-order valence-corrected chi connectivity index (χ2v) is 4.29. The highest BCUT2D eigenvalue weighted by molar-refractivity contribution is 5.85. The predicted molar refractivity (Wildman–Crippen MR) is 61.9 cm³/mol. The van der Waals surface area contributed by atoms with Gasteiger partial charge in [-0.2, -0.15) is 0 Å². The molecule has 90 valence electrons. The highest BCUT2D eigenvalue weighted by Crippen LogP contribution is 2.04. The third kappa shape index (κ3) is 5.14. The number of methoxy groups -OCH3 is 1. The van der Waals surface area contributed by atoms with Gasteiger partial charge in [-0.05, 0) is 27.3 Å². The smallest absolute Gasteiger partial charge is 0.240 e. The molecule has 0 aromatic heterocycles. The Morgan fingerprint density at radius 1 is 1.47 bits per heavy atom. The van der Waals surface area contributed by atoms with Crippen LogP contribution in [0.1, 0.15) is 33.6 Å². The van der Waals surface area contributed by atoms with E-state index in [2.05, 4.69) is 17.6 Å². The number of likely N-dealkylation sites (N-methyl/N-ethyl adjacent to an activating group) is 1. The Balaban J connectivity index is 4.21. The van der Waals surface area contributed by atoms with Crippen molar-refractivity contribution in [2.75, 3.05) is 20.8 Å². The maximum Gasteiger partial charge on any atom is 0.240 e. The van der Waals surface area contributed by atoms with Crippen molar-refractivity contribution >= 4 is 5.91 Å². The van der Waals surface area contributed by atoms with E-state index in [4.69, 9.17) is 4.74 Å². The van der Waals surface area contributed by atoms with Crippen molar-refractivity contribution in [1.82, 2.24) is 10.6 Å². The number of amides is 1. The van der Waals surface area contributed by atoms with Gasteiger partial charge in [0.2, 0.25) is 5.91 Å². The number of carbonyl (C=O) groups excluding carboxylic acids is 1. The molecule has 15 heavy (non-hydrogen) atoms. The van der Waals surface area contributed by atoms with Crippen LogP contribution in [0.2, 0.25) is 0 Å². The summed E-state index contributed by atoms with van der Waals surface area (Å²) >= 11 is 0. The van der Waals surface area contributed by atoms with E-state index >= 15 is 0 Å². The average molecular weight is 216 g/mol. The summed E-state index contributed by atoms with van der Waals surface area (Å²) in [5.74, 6) is 0.0144. The molecule has 0 heterocycles. The summed E-state index contributed by atoms with van der Waals surface area (Å²) in [6.45, 7) is 6.38. The first-order valence-electron chi connectivity index (χ1n) is 5.46. The summed E-state index contributed by atoms with van der Waals surface area (Å²) in [5, 5.41) is 5.96. The van der Waals surface area contributed by atoms with E-state index in [-0.39, 0.29) is 11.9 Å². The molecule has 0 saturated carbocycles. The SMILES string of the molecule is CCCC(COC)NC(=O)C(C)(C)NC. The number of carbonyl (C=O) groups is 1. The van der Waals surface area contributed by atoms with Crippen LogP contribution in [0.5, 0.6) is 0 Å². The second-order valence-electron chi connectivity index (χ2n) is 4.29. The van der Waals surface area contributed by atoms with Crippen LogP contribution >= 0.6 is 0 Å². The minimum atomic E-state index is -0.528. The molecule has 0 aliphatic heterocycles. The van der Waals surface area contributed by atoms with Crippen LogP contribution in [0.15, 0.2) is 0 Å². The van der Waals surface area contributed by atoms with Gasteiger partial charge in [0, 0.05) is 7.11 Å². The molecule has 0 aromatic carbocycles. The number of hydrogen-bond acceptors (Lipinski definition) is 3. The lowest BCUT2D eigenvalue weighted by molar-refractivity contribution is -0.127. The van der Waals surface area contributed by atoms with Crippen molar-refractivity contribution in [3.63, 3.8) is 0 Å². The normalized spacial score (nSPS) is 13.7. The summed E-state index contributed by atoms with van der Waals surface area (Å²) in [4.78, 5) is 11.8. The summed E-state index contributed by atoms with van der Waals surface area (Å²) in [7, 11) is 3.43. The van der Waals surface area contributed by atoms with Crippen molar-refractivity contribution < 1.29 is 9.53 Å². The van der Waals surface area contributed by atoms with Crippen LogP contribution in [-0.2, 0) is 9.53 Å². The Hall–Kier alpha value is -0.610. The van der Waals surface area contributed by atoms with Crippen molar-refractivity contribution in [2.24, 2.45) is 0 Å². The molecule has 0 saturated heterocycles. The minimum absolute atomic E-state index is 0.0144. The van der Waals surface area contributed by atoms with Crippen LogP contribution < -0.4 is 10.6 Å². The Kier molecular flexibility index (Phi) is 6.52. The third-order valence-corrected chi connectivity index (χ3v) is 2.53. The fraction of sp³-hybridized carbons (Fsp3) is 0.909. The summed E-state index contributed by atoms with van der Waals surface area (Å²) in [5.41, 5.74) is -0.528. The van der Waals surface area contributed by atoms with Gasteiger partial charge in [0.05, 0.1) is 18.2 Å². The Bertz CT molecular complexity index is 187. The zero-order chi connectivity index (χ0) is 11.9. The number of rotatable bonds is 7. The molecule has 2 N–H and O–H groups in total. The average Bonchev–Trinajstić information content (AvgIpc) is 2.18. The molecule has 0 rings (SSSR count). The quantitative estimate of drug-likeness (QED) is 0.665. The maximum absolute atomic E-state index is 11.8. The standard InChI is InChI=1S/C11H24N2O2/c1-6-7-9(8-15-5)13-10(14)11(2,3)12-4/h9,12H,6-8H2,1-5H3,(H,13,14). The summed E-state index contributed by atoms with van der Waals surface area (Å²) < 4.78 is 5.07. The van der Waals surface area contributed by atoms with Gasteiger partial charge >= 0.3 is 0 Å². The van der Waals surface area contributed by atoms with Gasteiger partial charge in [0.1, 0.15) is 0 Å². The first-order chi connectivity index (χ1) is 6.97. The Morgan fingerprint density at radius 2 is 2.07 bits per heavy atom. The Labute approximate surface area is 92.8 Å². The zero-order valence-electron chi connectivity index (χ0n) is 10.5. The summed E-state index contributed by atoms with van der Waals surface area (Å²) in [6.07, 6.45) is 1.98. The molecular formula is C11H24N2O2. The molecule has 0 radical (unpaired) electrons. The summed E-state index contributed by atoms with van der Waals surface area (Å²) in [6, 6.07) is 0.111. The molecule has 0 aromatic rings. The maximum atomic E-state index is 11.8. The highest BCUT2D eigenvalue weighted by atomic mass is 16.5. The zero-order valence-corrected chi connectivity index (χ0v) is 10.5. The van der Waals surface area contributed by atoms with E-state index in [1.54, 1.807) is 14.2 Å². The van der Waals surface area contributed by atoms with E-state index in [0.717, 1.165) is 12.8 Å². The molecule has 0 aliphatic carbocycles. The van der Waals surface area contributed by atoms with Crippen LogP contribution in [0.25, 0.3) is 0 Å². The fourth-order valence-corrected chi connectivity index (χ4v) is 1.23. The van der Waals surface area contributed by atoms with E-state index in [1.165, 1.54) is 0 Å². The molecule has 0 bridgehead atoms. The van der Waals surface area contributed by atoms with Crippen molar-refractivity contribution in [2.45, 2.75) is 45.2 Å².